The number of carbonyl (C=O) groups is 1. The molecule has 0 heterocycles. The molecular formula is C16H22N2O2. The highest BCUT2D eigenvalue weighted by Gasteiger charge is 2.30. The second-order valence-corrected chi connectivity index (χ2v) is 4.63. The second-order valence-electron chi connectivity index (χ2n) is 4.63. The van der Waals surface area contributed by atoms with Gasteiger partial charge in [0.15, 0.2) is 0 Å². The molecule has 0 aliphatic heterocycles. The highest BCUT2D eigenvalue weighted by atomic mass is 16.5. The summed E-state index contributed by atoms with van der Waals surface area (Å²) in [6.45, 7) is 4.44. The molecule has 0 aliphatic rings. The molecule has 1 aromatic rings. The SMILES string of the molecule is CCC(C)(OC)C(=O)NCc1ccccc1C#CCN. The summed E-state index contributed by atoms with van der Waals surface area (Å²) in [6, 6.07) is 7.69. The molecule has 4 nitrogen and oxygen atoms in total. The van der Waals surface area contributed by atoms with Gasteiger partial charge in [0, 0.05) is 19.2 Å². The van der Waals surface area contributed by atoms with Crippen LogP contribution in [0.2, 0.25) is 0 Å². The van der Waals surface area contributed by atoms with Gasteiger partial charge in [-0.15, -0.1) is 0 Å². The van der Waals surface area contributed by atoms with E-state index in [-0.39, 0.29) is 5.91 Å². The van der Waals surface area contributed by atoms with Gasteiger partial charge >= 0.3 is 0 Å². The number of benzene rings is 1. The van der Waals surface area contributed by atoms with Crippen LogP contribution < -0.4 is 11.1 Å². The Morgan fingerprint density at radius 1 is 1.45 bits per heavy atom. The van der Waals surface area contributed by atoms with Crippen LogP contribution in [0.15, 0.2) is 24.3 Å². The number of methoxy groups -OCH3 is 1. The van der Waals surface area contributed by atoms with Crippen LogP contribution in [0.5, 0.6) is 0 Å². The summed E-state index contributed by atoms with van der Waals surface area (Å²) in [4.78, 5) is 12.1. The first-order valence-corrected chi connectivity index (χ1v) is 6.67. The van der Waals surface area contributed by atoms with Gasteiger partial charge in [0.1, 0.15) is 5.60 Å². The smallest absolute Gasteiger partial charge is 0.252 e. The molecule has 0 aliphatic carbocycles. The second kappa shape index (κ2) is 7.68. The number of amides is 1. The Morgan fingerprint density at radius 2 is 2.15 bits per heavy atom. The number of carbonyl (C=O) groups excluding carboxylic acids is 1. The van der Waals surface area contributed by atoms with Gasteiger partial charge in [0.25, 0.3) is 5.91 Å². The number of ether oxygens (including phenoxy) is 1. The zero-order chi connectivity index (χ0) is 15.0. The minimum Gasteiger partial charge on any atom is -0.369 e. The fourth-order valence-electron chi connectivity index (χ4n) is 1.70. The topological polar surface area (TPSA) is 64.3 Å². The molecule has 0 aromatic heterocycles. The van der Waals surface area contributed by atoms with Crippen molar-refractivity contribution in [3.05, 3.63) is 35.4 Å². The Labute approximate surface area is 120 Å². The van der Waals surface area contributed by atoms with Crippen LogP contribution in [0.4, 0.5) is 0 Å². The average Bonchev–Trinajstić information content (AvgIpc) is 2.50. The molecule has 1 atom stereocenters. The van der Waals surface area contributed by atoms with Crippen LogP contribution in [0.3, 0.4) is 0 Å². The maximum atomic E-state index is 12.1. The van der Waals surface area contributed by atoms with Gasteiger partial charge < -0.3 is 15.8 Å². The number of nitrogens with two attached hydrogens (primary N) is 1. The van der Waals surface area contributed by atoms with Gasteiger partial charge in [-0.25, -0.2) is 0 Å². The highest BCUT2D eigenvalue weighted by molar-refractivity contribution is 5.84. The summed E-state index contributed by atoms with van der Waals surface area (Å²) in [7, 11) is 1.55. The molecule has 0 saturated carbocycles. The normalized spacial score (nSPS) is 13.0. The molecule has 1 amide bonds. The van der Waals surface area contributed by atoms with E-state index in [0.717, 1.165) is 11.1 Å². The molecule has 0 bridgehead atoms. The summed E-state index contributed by atoms with van der Waals surface area (Å²) in [5.41, 5.74) is 6.44. The molecule has 3 N–H and O–H groups in total. The van der Waals surface area contributed by atoms with Crippen LogP contribution in [-0.4, -0.2) is 25.2 Å². The van der Waals surface area contributed by atoms with Crippen LogP contribution in [0.25, 0.3) is 0 Å². The maximum absolute atomic E-state index is 12.1. The third kappa shape index (κ3) is 4.09. The molecule has 0 spiro atoms. The molecule has 20 heavy (non-hydrogen) atoms. The number of hydrogen-bond acceptors (Lipinski definition) is 3. The first-order chi connectivity index (χ1) is 9.57. The minimum atomic E-state index is -0.794. The first kappa shape index (κ1) is 16.2. The molecule has 1 unspecified atom stereocenters. The van der Waals surface area contributed by atoms with E-state index in [1.54, 1.807) is 14.0 Å². The van der Waals surface area contributed by atoms with Crippen LogP contribution in [0, 0.1) is 11.8 Å². The van der Waals surface area contributed by atoms with E-state index in [9.17, 15) is 4.79 Å². The van der Waals surface area contributed by atoms with Crippen molar-refractivity contribution >= 4 is 5.91 Å². The number of nitrogens with one attached hydrogen (secondary N) is 1. The van der Waals surface area contributed by atoms with Crippen molar-refractivity contribution < 1.29 is 9.53 Å². The van der Waals surface area contributed by atoms with Crippen LogP contribution in [-0.2, 0) is 16.1 Å². The van der Waals surface area contributed by atoms with Gasteiger partial charge in [-0.3, -0.25) is 4.79 Å². The van der Waals surface area contributed by atoms with Crippen molar-refractivity contribution in [2.45, 2.75) is 32.4 Å². The Kier molecular flexibility index (Phi) is 6.23. The zero-order valence-corrected chi connectivity index (χ0v) is 12.3. The number of rotatable bonds is 5. The van der Waals surface area contributed by atoms with E-state index in [1.807, 2.05) is 31.2 Å². The van der Waals surface area contributed by atoms with Crippen molar-refractivity contribution in [3.8, 4) is 11.8 Å². The van der Waals surface area contributed by atoms with Crippen LogP contribution in [0.1, 0.15) is 31.4 Å². The maximum Gasteiger partial charge on any atom is 0.252 e. The molecule has 0 saturated heterocycles. The van der Waals surface area contributed by atoms with E-state index >= 15 is 0 Å². The minimum absolute atomic E-state index is 0.121. The lowest BCUT2D eigenvalue weighted by molar-refractivity contribution is -0.142. The molecule has 1 rings (SSSR count). The molecule has 1 aromatic carbocycles. The zero-order valence-electron chi connectivity index (χ0n) is 12.3. The third-order valence-electron chi connectivity index (χ3n) is 3.39. The summed E-state index contributed by atoms with van der Waals surface area (Å²) >= 11 is 0. The monoisotopic (exact) mass is 274 g/mol. The third-order valence-corrected chi connectivity index (χ3v) is 3.39. The van der Waals surface area contributed by atoms with Crippen molar-refractivity contribution in [3.63, 3.8) is 0 Å². The largest absolute Gasteiger partial charge is 0.369 e. The quantitative estimate of drug-likeness (QED) is 0.798. The summed E-state index contributed by atoms with van der Waals surface area (Å²) in [6.07, 6.45) is 0.615. The first-order valence-electron chi connectivity index (χ1n) is 6.67. The standard InChI is InChI=1S/C16H22N2O2/c1-4-16(2,20-3)15(19)18-12-14-9-6-5-8-13(14)10-7-11-17/h5-6,8-9H,4,11-12,17H2,1-3H3,(H,18,19). The Morgan fingerprint density at radius 3 is 2.75 bits per heavy atom. The van der Waals surface area contributed by atoms with Gasteiger partial charge in [-0.05, 0) is 25.0 Å². The predicted octanol–water partition coefficient (Wildman–Crippen LogP) is 1.43. The van der Waals surface area contributed by atoms with Gasteiger partial charge in [-0.1, -0.05) is 37.0 Å². The Bertz CT molecular complexity index is 511. The van der Waals surface area contributed by atoms with E-state index in [4.69, 9.17) is 10.5 Å². The van der Waals surface area contributed by atoms with E-state index in [1.165, 1.54) is 0 Å². The summed E-state index contributed by atoms with van der Waals surface area (Å²) in [5, 5.41) is 2.90. The van der Waals surface area contributed by atoms with Crippen molar-refractivity contribution in [1.29, 1.82) is 0 Å². The predicted molar refractivity (Wildman–Crippen MR) is 79.9 cm³/mol. The fraction of sp³-hybridized carbons (Fsp3) is 0.438. The van der Waals surface area contributed by atoms with Gasteiger partial charge in [-0.2, -0.15) is 0 Å². The van der Waals surface area contributed by atoms with Crippen molar-refractivity contribution in [1.82, 2.24) is 5.32 Å². The molecule has 4 heteroatoms. The fourth-order valence-corrected chi connectivity index (χ4v) is 1.70. The van der Waals surface area contributed by atoms with Gasteiger partial charge in [0.05, 0.1) is 6.54 Å². The van der Waals surface area contributed by atoms with E-state index in [2.05, 4.69) is 17.2 Å². The van der Waals surface area contributed by atoms with E-state index < -0.39 is 5.60 Å². The molecular weight excluding hydrogens is 252 g/mol. The van der Waals surface area contributed by atoms with Crippen LogP contribution >= 0.6 is 0 Å². The highest BCUT2D eigenvalue weighted by Crippen LogP contribution is 2.14. The lowest BCUT2D eigenvalue weighted by Crippen LogP contribution is -2.45. The van der Waals surface area contributed by atoms with Crippen molar-refractivity contribution in [2.75, 3.05) is 13.7 Å². The number of hydrogen-bond donors (Lipinski definition) is 2. The molecule has 0 fully saturated rings. The Balaban J connectivity index is 2.78. The van der Waals surface area contributed by atoms with E-state index in [0.29, 0.717) is 19.5 Å². The lowest BCUT2D eigenvalue weighted by Gasteiger charge is -2.25. The summed E-state index contributed by atoms with van der Waals surface area (Å²) in [5.74, 6) is 5.71. The van der Waals surface area contributed by atoms with Gasteiger partial charge in [0.2, 0.25) is 0 Å². The Hall–Kier alpha value is -1.83. The average molecular weight is 274 g/mol. The summed E-state index contributed by atoms with van der Waals surface area (Å²) < 4.78 is 5.28. The molecule has 0 radical (unpaired) electrons. The molecule has 108 valence electrons. The van der Waals surface area contributed by atoms with Crippen molar-refractivity contribution in [2.24, 2.45) is 5.73 Å². The lowest BCUT2D eigenvalue weighted by atomic mass is 10.0.